The number of thioether (sulfide) groups is 1. The van der Waals surface area contributed by atoms with Gasteiger partial charge in [-0.1, -0.05) is 35.2 Å². The van der Waals surface area contributed by atoms with Crippen LogP contribution in [0, 0.1) is 11.3 Å². The van der Waals surface area contributed by atoms with Crippen molar-refractivity contribution in [2.45, 2.75) is 17.1 Å². The molecule has 3 rings (SSSR count). The number of nitrogens with one attached hydrogen (secondary N) is 2. The molecule has 0 aliphatic heterocycles. The second-order valence-corrected chi connectivity index (χ2v) is 8.14. The van der Waals surface area contributed by atoms with Gasteiger partial charge in [-0.15, -0.1) is 23.4 Å². The molecule has 0 saturated carbocycles. The van der Waals surface area contributed by atoms with E-state index in [1.807, 2.05) is 0 Å². The molecule has 0 unspecified atom stereocenters. The van der Waals surface area contributed by atoms with Crippen molar-refractivity contribution in [1.82, 2.24) is 10.2 Å². The van der Waals surface area contributed by atoms with Crippen LogP contribution in [0.4, 0.5) is 29.7 Å². The Morgan fingerprint density at radius 2 is 1.77 bits per heavy atom. The van der Waals surface area contributed by atoms with Crippen LogP contribution in [0.25, 0.3) is 0 Å². The monoisotopic (exact) mass is 465 g/mol. The summed E-state index contributed by atoms with van der Waals surface area (Å²) in [4.78, 5) is 12.1. The summed E-state index contributed by atoms with van der Waals surface area (Å²) in [6.45, 7) is 0. The topological polar surface area (TPSA) is 99.9 Å². The van der Waals surface area contributed by atoms with Crippen molar-refractivity contribution in [1.29, 1.82) is 5.26 Å². The van der Waals surface area contributed by atoms with E-state index in [-0.39, 0.29) is 17.4 Å². The smallest absolute Gasteiger partial charge is 0.406 e. The number of carbonyl (C=O) groups is 1. The van der Waals surface area contributed by atoms with E-state index in [1.54, 1.807) is 24.3 Å². The molecule has 0 aliphatic carbocycles. The molecule has 160 valence electrons. The van der Waals surface area contributed by atoms with Gasteiger partial charge in [-0.25, -0.2) is 0 Å². The molecule has 0 fully saturated rings. The maximum atomic E-state index is 12.2. The van der Waals surface area contributed by atoms with Crippen molar-refractivity contribution in [3.8, 4) is 11.8 Å². The summed E-state index contributed by atoms with van der Waals surface area (Å²) in [6.07, 6.45) is -4.43. The van der Waals surface area contributed by atoms with E-state index in [0.29, 0.717) is 27.3 Å². The van der Waals surface area contributed by atoms with Gasteiger partial charge in [0.1, 0.15) is 5.75 Å². The molecule has 2 N–H and O–H groups in total. The fraction of sp³-hybridized carbons (Fsp3) is 0.158. The fourth-order valence-electron chi connectivity index (χ4n) is 2.30. The van der Waals surface area contributed by atoms with Crippen LogP contribution in [-0.4, -0.2) is 28.2 Å². The van der Waals surface area contributed by atoms with Crippen molar-refractivity contribution in [2.24, 2.45) is 0 Å². The zero-order valence-corrected chi connectivity index (χ0v) is 17.3. The number of nitrogens with zero attached hydrogens (tertiary/aromatic N) is 3. The molecule has 31 heavy (non-hydrogen) atoms. The van der Waals surface area contributed by atoms with E-state index < -0.39 is 6.36 Å². The lowest BCUT2D eigenvalue weighted by Gasteiger charge is -2.09. The molecule has 1 heterocycles. The highest BCUT2D eigenvalue weighted by Crippen LogP contribution is 2.29. The number of anilines is 3. The van der Waals surface area contributed by atoms with E-state index in [9.17, 15) is 18.0 Å². The van der Waals surface area contributed by atoms with Crippen molar-refractivity contribution in [2.75, 3.05) is 16.4 Å². The Hall–Kier alpha value is -3.30. The predicted molar refractivity (Wildman–Crippen MR) is 111 cm³/mol. The third kappa shape index (κ3) is 7.47. The highest BCUT2D eigenvalue weighted by molar-refractivity contribution is 8.01. The molecule has 0 spiro atoms. The lowest BCUT2D eigenvalue weighted by molar-refractivity contribution is -0.274. The van der Waals surface area contributed by atoms with Crippen LogP contribution >= 0.6 is 23.1 Å². The number of hydrogen-bond donors (Lipinski definition) is 2. The third-order valence-electron chi connectivity index (χ3n) is 3.59. The lowest BCUT2D eigenvalue weighted by atomic mass is 10.1. The Morgan fingerprint density at radius 3 is 2.42 bits per heavy atom. The average Bonchev–Trinajstić information content (AvgIpc) is 3.16. The number of amides is 1. The van der Waals surface area contributed by atoms with Gasteiger partial charge in [0.15, 0.2) is 4.34 Å². The molecular formula is C19H14F3N5O2S2. The van der Waals surface area contributed by atoms with Crippen LogP contribution in [0.15, 0.2) is 52.9 Å². The van der Waals surface area contributed by atoms with Gasteiger partial charge in [0.05, 0.1) is 18.2 Å². The van der Waals surface area contributed by atoms with Crippen LogP contribution in [-0.2, 0) is 11.2 Å². The molecular weight excluding hydrogens is 451 g/mol. The lowest BCUT2D eigenvalue weighted by Crippen LogP contribution is -2.16. The second kappa shape index (κ2) is 10.1. The van der Waals surface area contributed by atoms with E-state index in [0.717, 1.165) is 5.56 Å². The number of carbonyl (C=O) groups excluding carboxylic acids is 1. The molecule has 0 atom stereocenters. The minimum atomic E-state index is -4.74. The van der Waals surface area contributed by atoms with Gasteiger partial charge >= 0.3 is 6.36 Å². The number of nitriles is 1. The summed E-state index contributed by atoms with van der Waals surface area (Å²) < 4.78 is 40.9. The van der Waals surface area contributed by atoms with Crippen LogP contribution in [0.3, 0.4) is 0 Å². The summed E-state index contributed by atoms with van der Waals surface area (Å²) in [7, 11) is 0. The second-order valence-electron chi connectivity index (χ2n) is 5.94. The Kier molecular flexibility index (Phi) is 7.32. The van der Waals surface area contributed by atoms with Crippen molar-refractivity contribution in [3.63, 3.8) is 0 Å². The van der Waals surface area contributed by atoms with Gasteiger partial charge in [0.25, 0.3) is 0 Å². The predicted octanol–water partition coefficient (Wildman–Crippen LogP) is 4.98. The first-order valence-corrected chi connectivity index (χ1v) is 10.5. The Labute approximate surface area is 183 Å². The summed E-state index contributed by atoms with van der Waals surface area (Å²) in [5.74, 6) is -0.418. The van der Waals surface area contributed by atoms with Gasteiger partial charge in [-0.2, -0.15) is 5.26 Å². The number of benzene rings is 2. The highest BCUT2D eigenvalue weighted by atomic mass is 32.2. The zero-order chi connectivity index (χ0) is 22.3. The highest BCUT2D eigenvalue weighted by Gasteiger charge is 2.30. The minimum absolute atomic E-state index is 0.123. The maximum Gasteiger partial charge on any atom is 0.573 e. The van der Waals surface area contributed by atoms with Gasteiger partial charge in [-0.05, 0) is 42.0 Å². The van der Waals surface area contributed by atoms with Gasteiger partial charge in [0, 0.05) is 11.4 Å². The quantitative estimate of drug-likeness (QED) is 0.453. The fourth-order valence-corrected chi connectivity index (χ4v) is 3.88. The molecule has 0 bridgehead atoms. The van der Waals surface area contributed by atoms with E-state index in [2.05, 4.69) is 31.6 Å². The first-order valence-electron chi connectivity index (χ1n) is 8.65. The third-order valence-corrected chi connectivity index (χ3v) is 5.57. The normalized spacial score (nSPS) is 10.9. The van der Waals surface area contributed by atoms with Crippen LogP contribution < -0.4 is 15.4 Å². The largest absolute Gasteiger partial charge is 0.573 e. The van der Waals surface area contributed by atoms with Gasteiger partial charge < -0.3 is 15.4 Å². The number of ether oxygens (including phenoxy) is 1. The molecule has 1 aromatic heterocycles. The molecule has 2 aromatic carbocycles. The van der Waals surface area contributed by atoms with Crippen molar-refractivity contribution >= 4 is 45.5 Å². The van der Waals surface area contributed by atoms with Crippen LogP contribution in [0.1, 0.15) is 5.56 Å². The van der Waals surface area contributed by atoms with E-state index in [1.165, 1.54) is 47.4 Å². The average molecular weight is 465 g/mol. The number of alkyl halides is 3. The summed E-state index contributed by atoms with van der Waals surface area (Å²) in [6, 6.07) is 14.3. The van der Waals surface area contributed by atoms with Gasteiger partial charge in [-0.3, -0.25) is 4.79 Å². The Bertz CT molecular complexity index is 1060. The number of rotatable bonds is 8. The molecule has 0 radical (unpaired) electrons. The maximum absolute atomic E-state index is 12.2. The minimum Gasteiger partial charge on any atom is -0.406 e. The molecule has 7 nitrogen and oxygen atoms in total. The van der Waals surface area contributed by atoms with E-state index >= 15 is 0 Å². The van der Waals surface area contributed by atoms with Gasteiger partial charge in [0.2, 0.25) is 11.0 Å². The Balaban J connectivity index is 1.47. The van der Waals surface area contributed by atoms with Crippen LogP contribution in [0.2, 0.25) is 0 Å². The van der Waals surface area contributed by atoms with E-state index in [4.69, 9.17) is 5.26 Å². The van der Waals surface area contributed by atoms with Crippen LogP contribution in [0.5, 0.6) is 5.75 Å². The summed E-state index contributed by atoms with van der Waals surface area (Å²) in [5, 5.41) is 22.7. The summed E-state index contributed by atoms with van der Waals surface area (Å²) in [5.41, 5.74) is 2.01. The van der Waals surface area contributed by atoms with Crippen molar-refractivity contribution in [3.05, 3.63) is 54.1 Å². The first kappa shape index (κ1) is 22.4. The number of aromatic nitrogens is 2. The zero-order valence-electron chi connectivity index (χ0n) is 15.6. The Morgan fingerprint density at radius 1 is 1.10 bits per heavy atom. The molecule has 12 heteroatoms. The number of hydrogen-bond acceptors (Lipinski definition) is 8. The summed E-state index contributed by atoms with van der Waals surface area (Å²) >= 11 is 2.41. The molecule has 0 saturated heterocycles. The standard InChI is InChI=1S/C19H14F3N5O2S2/c20-19(21,22)29-15-7-5-14(6-8-15)25-17-26-27-18(31-17)30-11-16(28)24-13-3-1-12(2-4-13)9-10-23/h1-8H,9,11H2,(H,24,28)(H,25,26). The molecule has 1 amide bonds. The molecule has 0 aliphatic rings. The first-order chi connectivity index (χ1) is 14.8. The SMILES string of the molecule is N#CCc1ccc(NC(=O)CSc2nnc(Nc3ccc(OC(F)(F)F)cc3)s2)cc1. The molecule has 3 aromatic rings. The van der Waals surface area contributed by atoms with Crippen molar-refractivity contribution < 1.29 is 22.7 Å². The number of halogens is 3.